The first-order chi connectivity index (χ1) is 7.49. The molecule has 1 aromatic heterocycles. The van der Waals surface area contributed by atoms with Gasteiger partial charge in [-0.05, 0) is 39.6 Å². The molecule has 4 heteroatoms. The van der Waals surface area contributed by atoms with E-state index in [4.69, 9.17) is 0 Å². The van der Waals surface area contributed by atoms with Gasteiger partial charge in [0.25, 0.3) is 0 Å². The summed E-state index contributed by atoms with van der Waals surface area (Å²) in [5, 5.41) is 2.92. The van der Waals surface area contributed by atoms with E-state index in [1.807, 2.05) is 14.1 Å². The van der Waals surface area contributed by atoms with Crippen molar-refractivity contribution < 1.29 is 4.79 Å². The Hall–Kier alpha value is -0.870. The van der Waals surface area contributed by atoms with Crippen molar-refractivity contribution in [3.8, 4) is 0 Å². The number of nitrogens with one attached hydrogen (secondary N) is 1. The molecule has 1 aromatic rings. The number of likely N-dealkylation sites (N-methyl/N-ethyl adjacent to an activating group) is 1. The zero-order valence-corrected chi connectivity index (χ0v) is 11.3. The third-order valence-electron chi connectivity index (χ3n) is 2.38. The number of nitrogens with zero attached hydrogens (tertiary/aromatic N) is 1. The molecule has 0 spiro atoms. The number of hydrogen-bond donors (Lipinski definition) is 1. The second kappa shape index (κ2) is 6.01. The van der Waals surface area contributed by atoms with Gasteiger partial charge in [0.2, 0.25) is 5.91 Å². The van der Waals surface area contributed by atoms with Crippen molar-refractivity contribution in [2.24, 2.45) is 0 Å². The van der Waals surface area contributed by atoms with E-state index in [0.29, 0.717) is 13.0 Å². The molecule has 1 N–H and O–H groups in total. The van der Waals surface area contributed by atoms with Gasteiger partial charge in [0.15, 0.2) is 0 Å². The highest BCUT2D eigenvalue weighted by Crippen LogP contribution is 2.20. The standard InChI is InChI=1S/C12H20N2OS/c1-9-7-11(10(2)16-9)8-12(15)13-5-6-14(3)4/h7H,5-6,8H2,1-4H3,(H,13,15). The van der Waals surface area contributed by atoms with E-state index in [0.717, 1.165) is 12.1 Å². The van der Waals surface area contributed by atoms with Crippen LogP contribution in [-0.2, 0) is 11.2 Å². The third-order valence-corrected chi connectivity index (χ3v) is 3.38. The Morgan fingerprint density at radius 3 is 2.62 bits per heavy atom. The summed E-state index contributed by atoms with van der Waals surface area (Å²) in [6.45, 7) is 5.74. The molecule has 0 aromatic carbocycles. The molecule has 0 aliphatic carbocycles. The van der Waals surface area contributed by atoms with Crippen LogP contribution in [0, 0.1) is 13.8 Å². The van der Waals surface area contributed by atoms with Gasteiger partial charge in [-0.25, -0.2) is 0 Å². The molecule has 3 nitrogen and oxygen atoms in total. The van der Waals surface area contributed by atoms with E-state index in [9.17, 15) is 4.79 Å². The fourth-order valence-corrected chi connectivity index (χ4v) is 2.46. The Morgan fingerprint density at radius 2 is 2.12 bits per heavy atom. The largest absolute Gasteiger partial charge is 0.355 e. The van der Waals surface area contributed by atoms with Gasteiger partial charge >= 0.3 is 0 Å². The molecule has 16 heavy (non-hydrogen) atoms. The van der Waals surface area contributed by atoms with Gasteiger partial charge in [-0.3, -0.25) is 4.79 Å². The van der Waals surface area contributed by atoms with Crippen LogP contribution in [0.2, 0.25) is 0 Å². The van der Waals surface area contributed by atoms with Crippen LogP contribution in [0.5, 0.6) is 0 Å². The van der Waals surface area contributed by atoms with Crippen molar-refractivity contribution in [1.82, 2.24) is 10.2 Å². The van der Waals surface area contributed by atoms with Gasteiger partial charge in [0, 0.05) is 22.8 Å². The molecule has 1 rings (SSSR count). The summed E-state index contributed by atoms with van der Waals surface area (Å²) in [7, 11) is 4.00. The maximum absolute atomic E-state index is 11.6. The lowest BCUT2D eigenvalue weighted by Gasteiger charge is -2.10. The molecule has 0 radical (unpaired) electrons. The molecule has 0 fully saturated rings. The van der Waals surface area contributed by atoms with Gasteiger partial charge in [-0.2, -0.15) is 0 Å². The Kier molecular flexibility index (Phi) is 4.96. The minimum absolute atomic E-state index is 0.114. The van der Waals surface area contributed by atoms with Crippen molar-refractivity contribution in [3.63, 3.8) is 0 Å². The average molecular weight is 240 g/mol. The van der Waals surface area contributed by atoms with Gasteiger partial charge in [-0.15, -0.1) is 11.3 Å². The molecule has 0 atom stereocenters. The maximum atomic E-state index is 11.6. The second-order valence-electron chi connectivity index (χ2n) is 4.27. The van der Waals surface area contributed by atoms with E-state index < -0.39 is 0 Å². The average Bonchev–Trinajstić information content (AvgIpc) is 2.44. The van der Waals surface area contributed by atoms with Crippen LogP contribution in [0.25, 0.3) is 0 Å². The van der Waals surface area contributed by atoms with Crippen molar-refractivity contribution in [2.45, 2.75) is 20.3 Å². The molecular formula is C12H20N2OS. The van der Waals surface area contributed by atoms with Crippen LogP contribution < -0.4 is 5.32 Å². The summed E-state index contributed by atoms with van der Waals surface area (Å²) in [5.74, 6) is 0.114. The molecule has 0 unspecified atom stereocenters. The molecule has 1 heterocycles. The summed E-state index contributed by atoms with van der Waals surface area (Å²) in [4.78, 5) is 16.2. The molecule has 0 aliphatic rings. The number of thiophene rings is 1. The van der Waals surface area contributed by atoms with Gasteiger partial charge < -0.3 is 10.2 Å². The SMILES string of the molecule is Cc1cc(CC(=O)NCCN(C)C)c(C)s1. The first kappa shape index (κ1) is 13.2. The number of hydrogen-bond acceptors (Lipinski definition) is 3. The molecule has 1 amide bonds. The number of aryl methyl sites for hydroxylation is 2. The quantitative estimate of drug-likeness (QED) is 0.847. The molecule has 0 saturated carbocycles. The van der Waals surface area contributed by atoms with Crippen LogP contribution >= 0.6 is 11.3 Å². The van der Waals surface area contributed by atoms with Crippen molar-refractivity contribution in [1.29, 1.82) is 0 Å². The van der Waals surface area contributed by atoms with Gasteiger partial charge in [0.1, 0.15) is 0 Å². The smallest absolute Gasteiger partial charge is 0.224 e. The second-order valence-corrected chi connectivity index (χ2v) is 5.73. The summed E-state index contributed by atoms with van der Waals surface area (Å²) < 4.78 is 0. The fourth-order valence-electron chi connectivity index (χ4n) is 1.51. The van der Waals surface area contributed by atoms with E-state index in [1.54, 1.807) is 11.3 Å². The van der Waals surface area contributed by atoms with E-state index in [2.05, 4.69) is 30.1 Å². The minimum atomic E-state index is 0.114. The normalized spacial score (nSPS) is 10.8. The van der Waals surface area contributed by atoms with Crippen molar-refractivity contribution >= 4 is 17.2 Å². The summed E-state index contributed by atoms with van der Waals surface area (Å²) in [6.07, 6.45) is 0.504. The highest BCUT2D eigenvalue weighted by Gasteiger charge is 2.07. The first-order valence-corrected chi connectivity index (χ1v) is 6.28. The lowest BCUT2D eigenvalue weighted by atomic mass is 10.2. The van der Waals surface area contributed by atoms with Gasteiger partial charge in [0.05, 0.1) is 6.42 Å². The van der Waals surface area contributed by atoms with Gasteiger partial charge in [-0.1, -0.05) is 0 Å². The molecular weight excluding hydrogens is 220 g/mol. The predicted octanol–water partition coefficient (Wildman–Crippen LogP) is 1.59. The van der Waals surface area contributed by atoms with Crippen molar-refractivity contribution in [3.05, 3.63) is 21.4 Å². The van der Waals surface area contributed by atoms with Crippen LogP contribution in [0.4, 0.5) is 0 Å². The highest BCUT2D eigenvalue weighted by atomic mass is 32.1. The maximum Gasteiger partial charge on any atom is 0.224 e. The number of carbonyl (C=O) groups is 1. The fraction of sp³-hybridized carbons (Fsp3) is 0.583. The Balaban J connectivity index is 2.37. The zero-order valence-electron chi connectivity index (χ0n) is 10.5. The van der Waals surface area contributed by atoms with Crippen LogP contribution in [0.1, 0.15) is 15.3 Å². The van der Waals surface area contributed by atoms with E-state index in [-0.39, 0.29) is 5.91 Å². The Bertz CT molecular complexity index is 358. The van der Waals surface area contributed by atoms with Crippen LogP contribution in [0.3, 0.4) is 0 Å². The summed E-state index contributed by atoms with van der Waals surface area (Å²) >= 11 is 1.75. The summed E-state index contributed by atoms with van der Waals surface area (Å²) in [5.41, 5.74) is 1.16. The third kappa shape index (κ3) is 4.33. The zero-order chi connectivity index (χ0) is 12.1. The number of amides is 1. The van der Waals surface area contributed by atoms with Crippen molar-refractivity contribution in [2.75, 3.05) is 27.2 Å². The lowest BCUT2D eigenvalue weighted by Crippen LogP contribution is -2.32. The number of carbonyl (C=O) groups excluding carboxylic acids is 1. The molecule has 90 valence electrons. The van der Waals surface area contributed by atoms with Crippen LogP contribution in [0.15, 0.2) is 6.07 Å². The van der Waals surface area contributed by atoms with E-state index >= 15 is 0 Å². The monoisotopic (exact) mass is 240 g/mol. The van der Waals surface area contributed by atoms with E-state index in [1.165, 1.54) is 9.75 Å². The molecule has 0 saturated heterocycles. The predicted molar refractivity (Wildman–Crippen MR) is 69.1 cm³/mol. The highest BCUT2D eigenvalue weighted by molar-refractivity contribution is 7.12. The topological polar surface area (TPSA) is 32.3 Å². The van der Waals surface area contributed by atoms with Crippen LogP contribution in [-0.4, -0.2) is 38.0 Å². The first-order valence-electron chi connectivity index (χ1n) is 5.46. The lowest BCUT2D eigenvalue weighted by molar-refractivity contribution is -0.120. The minimum Gasteiger partial charge on any atom is -0.355 e. The molecule has 0 bridgehead atoms. The number of rotatable bonds is 5. The Labute approximate surface area is 101 Å². The summed E-state index contributed by atoms with van der Waals surface area (Å²) in [6, 6.07) is 2.10. The molecule has 0 aliphatic heterocycles. The Morgan fingerprint density at radius 1 is 1.44 bits per heavy atom.